The molecular formula is C15H16N2O2S. The number of carboxylic acid groups (broad SMARTS) is 1. The second-order valence-corrected chi connectivity index (χ2v) is 6.33. The van der Waals surface area contributed by atoms with Crippen LogP contribution in [0, 0.1) is 5.92 Å². The molecule has 0 spiro atoms. The SMILES string of the molecule is CC1CCc2nc(Nc3ccc(C(=O)O)cc3)sc2C1. The van der Waals surface area contributed by atoms with Crippen LogP contribution in [0.1, 0.15) is 34.3 Å². The number of fused-ring (bicyclic) bond motifs is 1. The van der Waals surface area contributed by atoms with Gasteiger partial charge in [0.2, 0.25) is 0 Å². The minimum atomic E-state index is -0.907. The van der Waals surface area contributed by atoms with Crippen LogP contribution in [0.5, 0.6) is 0 Å². The van der Waals surface area contributed by atoms with Gasteiger partial charge in [-0.15, -0.1) is 11.3 Å². The van der Waals surface area contributed by atoms with Crippen molar-refractivity contribution >= 4 is 28.1 Å². The van der Waals surface area contributed by atoms with Crippen LogP contribution in [-0.2, 0) is 12.8 Å². The van der Waals surface area contributed by atoms with Gasteiger partial charge in [-0.05, 0) is 49.4 Å². The number of aromatic carboxylic acids is 1. The first-order valence-electron chi connectivity index (χ1n) is 6.71. The molecule has 0 aliphatic heterocycles. The Hall–Kier alpha value is -1.88. The van der Waals surface area contributed by atoms with Crippen molar-refractivity contribution in [3.05, 3.63) is 40.4 Å². The van der Waals surface area contributed by atoms with Gasteiger partial charge in [0, 0.05) is 10.6 Å². The number of nitrogens with zero attached hydrogens (tertiary/aromatic N) is 1. The number of carbonyl (C=O) groups is 1. The first kappa shape index (κ1) is 13.1. The maximum absolute atomic E-state index is 10.8. The number of aryl methyl sites for hydroxylation is 1. The highest BCUT2D eigenvalue weighted by atomic mass is 32.1. The van der Waals surface area contributed by atoms with E-state index in [1.54, 1.807) is 35.6 Å². The smallest absolute Gasteiger partial charge is 0.335 e. The van der Waals surface area contributed by atoms with Crippen molar-refractivity contribution in [3.63, 3.8) is 0 Å². The Labute approximate surface area is 121 Å². The Morgan fingerprint density at radius 1 is 1.40 bits per heavy atom. The lowest BCUT2D eigenvalue weighted by Crippen LogP contribution is -2.09. The van der Waals surface area contributed by atoms with Gasteiger partial charge in [0.25, 0.3) is 0 Å². The first-order chi connectivity index (χ1) is 9.61. The van der Waals surface area contributed by atoms with Crippen molar-refractivity contribution in [1.29, 1.82) is 0 Å². The third-order valence-corrected chi connectivity index (χ3v) is 4.60. The summed E-state index contributed by atoms with van der Waals surface area (Å²) < 4.78 is 0. The highest BCUT2D eigenvalue weighted by molar-refractivity contribution is 7.15. The average molecular weight is 288 g/mol. The van der Waals surface area contributed by atoms with Crippen LogP contribution in [0.25, 0.3) is 0 Å². The summed E-state index contributed by atoms with van der Waals surface area (Å²) in [6.07, 6.45) is 3.39. The number of benzene rings is 1. The van der Waals surface area contributed by atoms with Crippen LogP contribution < -0.4 is 5.32 Å². The van der Waals surface area contributed by atoms with E-state index in [1.165, 1.54) is 17.0 Å². The standard InChI is InChI=1S/C15H16N2O2S/c1-9-2-7-12-13(8-9)20-15(17-12)16-11-5-3-10(4-6-11)14(18)19/h3-6,9H,2,7-8H2,1H3,(H,16,17)(H,18,19). The summed E-state index contributed by atoms with van der Waals surface area (Å²) in [5, 5.41) is 13.0. The van der Waals surface area contributed by atoms with Crippen LogP contribution >= 0.6 is 11.3 Å². The summed E-state index contributed by atoms with van der Waals surface area (Å²) in [6.45, 7) is 2.28. The predicted molar refractivity (Wildman–Crippen MR) is 80.0 cm³/mol. The summed E-state index contributed by atoms with van der Waals surface area (Å²) in [5.41, 5.74) is 2.38. The fourth-order valence-corrected chi connectivity index (χ4v) is 3.60. The molecule has 104 valence electrons. The van der Waals surface area contributed by atoms with E-state index in [2.05, 4.69) is 17.2 Å². The van der Waals surface area contributed by atoms with Gasteiger partial charge in [0.15, 0.2) is 5.13 Å². The second kappa shape index (κ2) is 5.25. The number of hydrogen-bond donors (Lipinski definition) is 2. The highest BCUT2D eigenvalue weighted by Gasteiger charge is 2.19. The van der Waals surface area contributed by atoms with Crippen LogP contribution in [-0.4, -0.2) is 16.1 Å². The molecule has 1 atom stereocenters. The maximum Gasteiger partial charge on any atom is 0.335 e. The lowest BCUT2D eigenvalue weighted by molar-refractivity contribution is 0.0697. The second-order valence-electron chi connectivity index (χ2n) is 5.24. The summed E-state index contributed by atoms with van der Waals surface area (Å²) in [6, 6.07) is 6.74. The Morgan fingerprint density at radius 2 is 2.15 bits per heavy atom. The molecule has 1 heterocycles. The number of thiazole rings is 1. The Bertz CT molecular complexity index is 634. The lowest BCUT2D eigenvalue weighted by atomic mass is 9.93. The highest BCUT2D eigenvalue weighted by Crippen LogP contribution is 2.33. The van der Waals surface area contributed by atoms with E-state index < -0.39 is 5.97 Å². The van der Waals surface area contributed by atoms with Crippen molar-refractivity contribution in [1.82, 2.24) is 4.98 Å². The van der Waals surface area contributed by atoms with Gasteiger partial charge in [-0.25, -0.2) is 9.78 Å². The molecule has 0 amide bonds. The first-order valence-corrected chi connectivity index (χ1v) is 7.52. The Balaban J connectivity index is 1.76. The van der Waals surface area contributed by atoms with Crippen molar-refractivity contribution in [2.75, 3.05) is 5.32 Å². The largest absolute Gasteiger partial charge is 0.478 e. The van der Waals surface area contributed by atoms with Gasteiger partial charge in [-0.3, -0.25) is 0 Å². The average Bonchev–Trinajstić information content (AvgIpc) is 2.80. The molecule has 0 bridgehead atoms. The quantitative estimate of drug-likeness (QED) is 0.903. The molecule has 1 aromatic carbocycles. The molecule has 0 radical (unpaired) electrons. The fourth-order valence-electron chi connectivity index (χ4n) is 2.41. The lowest BCUT2D eigenvalue weighted by Gasteiger charge is -2.15. The van der Waals surface area contributed by atoms with Gasteiger partial charge in [0.05, 0.1) is 11.3 Å². The molecule has 1 unspecified atom stereocenters. The number of carboxylic acids is 1. The van der Waals surface area contributed by atoms with E-state index in [9.17, 15) is 4.79 Å². The van der Waals surface area contributed by atoms with Gasteiger partial charge in [0.1, 0.15) is 0 Å². The van der Waals surface area contributed by atoms with E-state index >= 15 is 0 Å². The van der Waals surface area contributed by atoms with Crippen LogP contribution in [0.4, 0.5) is 10.8 Å². The molecule has 5 heteroatoms. The van der Waals surface area contributed by atoms with Gasteiger partial charge in [-0.2, -0.15) is 0 Å². The molecule has 0 saturated heterocycles. The Kier molecular flexibility index (Phi) is 3.44. The van der Waals surface area contributed by atoms with E-state index in [4.69, 9.17) is 5.11 Å². The minimum Gasteiger partial charge on any atom is -0.478 e. The topological polar surface area (TPSA) is 62.2 Å². The van der Waals surface area contributed by atoms with Gasteiger partial charge >= 0.3 is 5.97 Å². The fraction of sp³-hybridized carbons (Fsp3) is 0.333. The van der Waals surface area contributed by atoms with Crippen LogP contribution in [0.15, 0.2) is 24.3 Å². The molecule has 20 heavy (non-hydrogen) atoms. The molecule has 1 aliphatic carbocycles. The van der Waals surface area contributed by atoms with E-state index in [1.807, 2.05) is 0 Å². The van der Waals surface area contributed by atoms with Gasteiger partial charge in [-0.1, -0.05) is 6.92 Å². The van der Waals surface area contributed by atoms with Gasteiger partial charge < -0.3 is 10.4 Å². The zero-order chi connectivity index (χ0) is 14.1. The van der Waals surface area contributed by atoms with Crippen molar-refractivity contribution < 1.29 is 9.90 Å². The third kappa shape index (κ3) is 2.67. The summed E-state index contributed by atoms with van der Waals surface area (Å²) in [7, 11) is 0. The summed E-state index contributed by atoms with van der Waals surface area (Å²) in [5.74, 6) is -0.166. The molecule has 1 aromatic heterocycles. The minimum absolute atomic E-state index is 0.294. The molecular weight excluding hydrogens is 272 g/mol. The van der Waals surface area contributed by atoms with E-state index in [-0.39, 0.29) is 0 Å². The molecule has 2 aromatic rings. The maximum atomic E-state index is 10.8. The molecule has 2 N–H and O–H groups in total. The number of nitrogens with one attached hydrogen (secondary N) is 1. The van der Waals surface area contributed by atoms with E-state index in [0.29, 0.717) is 5.56 Å². The number of hydrogen-bond acceptors (Lipinski definition) is 4. The molecule has 3 rings (SSSR count). The summed E-state index contributed by atoms with van der Waals surface area (Å²) >= 11 is 1.71. The Morgan fingerprint density at radius 3 is 2.85 bits per heavy atom. The molecule has 4 nitrogen and oxygen atoms in total. The zero-order valence-electron chi connectivity index (χ0n) is 11.2. The van der Waals surface area contributed by atoms with Crippen LogP contribution in [0.2, 0.25) is 0 Å². The van der Waals surface area contributed by atoms with Crippen molar-refractivity contribution in [2.45, 2.75) is 26.2 Å². The molecule has 0 fully saturated rings. The van der Waals surface area contributed by atoms with Crippen molar-refractivity contribution in [3.8, 4) is 0 Å². The van der Waals surface area contributed by atoms with Crippen molar-refractivity contribution in [2.24, 2.45) is 5.92 Å². The predicted octanol–water partition coefficient (Wildman–Crippen LogP) is 3.71. The zero-order valence-corrected chi connectivity index (χ0v) is 12.0. The van der Waals surface area contributed by atoms with E-state index in [0.717, 1.165) is 29.6 Å². The summed E-state index contributed by atoms with van der Waals surface area (Å²) in [4.78, 5) is 16.8. The monoisotopic (exact) mass is 288 g/mol. The number of anilines is 2. The van der Waals surface area contributed by atoms with Crippen LogP contribution in [0.3, 0.4) is 0 Å². The molecule has 0 saturated carbocycles. The normalized spacial score (nSPS) is 17.6. The molecule has 1 aliphatic rings. The number of aromatic nitrogens is 1. The third-order valence-electron chi connectivity index (χ3n) is 3.57. The number of rotatable bonds is 3.